The molecular formula is C9H19O3P. The lowest BCUT2D eigenvalue weighted by Crippen LogP contribution is -2.29. The molecule has 78 valence electrons. The molecule has 0 aromatic heterocycles. The summed E-state index contributed by atoms with van der Waals surface area (Å²) < 4.78 is 21.8. The molecule has 0 amide bonds. The summed E-state index contributed by atoms with van der Waals surface area (Å²) in [5, 5.41) is 0. The highest BCUT2D eigenvalue weighted by atomic mass is 31.1. The van der Waals surface area contributed by atoms with Gasteiger partial charge in [0.25, 0.3) is 5.53 Å². The minimum atomic E-state index is -0.897. The maximum Gasteiger partial charge on any atom is 0.251 e. The summed E-state index contributed by atoms with van der Waals surface area (Å²) in [6.45, 7) is 7.12. The second-order valence-corrected chi connectivity index (χ2v) is 3.72. The highest BCUT2D eigenvalue weighted by Gasteiger charge is 2.30. The summed E-state index contributed by atoms with van der Waals surface area (Å²) >= 11 is 0. The van der Waals surface area contributed by atoms with Crippen molar-refractivity contribution < 1.29 is 14.0 Å². The van der Waals surface area contributed by atoms with Crippen LogP contribution in [-0.4, -0.2) is 18.7 Å². The van der Waals surface area contributed by atoms with Crippen molar-refractivity contribution in [3.63, 3.8) is 0 Å². The molecule has 13 heavy (non-hydrogen) atoms. The van der Waals surface area contributed by atoms with Crippen LogP contribution in [0.3, 0.4) is 0 Å². The highest BCUT2D eigenvalue weighted by molar-refractivity contribution is 7.25. The van der Waals surface area contributed by atoms with E-state index in [0.29, 0.717) is 19.6 Å². The molecule has 0 aromatic rings. The average Bonchev–Trinajstić information content (AvgIpc) is 2.20. The van der Waals surface area contributed by atoms with Gasteiger partial charge in [0, 0.05) is 6.42 Å². The largest absolute Gasteiger partial charge is 0.340 e. The molecule has 0 aliphatic heterocycles. The molecule has 0 unspecified atom stereocenters. The minimum absolute atomic E-state index is 0.0764. The fourth-order valence-electron chi connectivity index (χ4n) is 0.886. The van der Waals surface area contributed by atoms with E-state index in [4.69, 9.17) is 9.47 Å². The van der Waals surface area contributed by atoms with Crippen LogP contribution in [0.4, 0.5) is 0 Å². The molecule has 0 atom stereocenters. The van der Waals surface area contributed by atoms with E-state index in [1.54, 1.807) is 0 Å². The summed E-state index contributed by atoms with van der Waals surface area (Å²) in [4.78, 5) is 0. The Bertz CT molecular complexity index is 131. The second-order valence-electron chi connectivity index (χ2n) is 2.85. The van der Waals surface area contributed by atoms with Crippen LogP contribution in [0, 0.1) is 0 Å². The third-order valence-corrected chi connectivity index (χ3v) is 2.50. The lowest BCUT2D eigenvalue weighted by atomic mass is 10.4. The van der Waals surface area contributed by atoms with Gasteiger partial charge in [0.15, 0.2) is 0 Å². The van der Waals surface area contributed by atoms with Gasteiger partial charge in [-0.3, -0.25) is 4.57 Å². The van der Waals surface area contributed by atoms with Crippen LogP contribution in [0.15, 0.2) is 0 Å². The first-order valence-corrected chi connectivity index (χ1v) is 5.68. The van der Waals surface area contributed by atoms with Crippen molar-refractivity contribution in [3.05, 3.63) is 0 Å². The predicted molar refractivity (Wildman–Crippen MR) is 53.1 cm³/mol. The van der Waals surface area contributed by atoms with Crippen molar-refractivity contribution in [2.45, 2.75) is 45.6 Å². The number of rotatable bonds is 8. The van der Waals surface area contributed by atoms with Gasteiger partial charge in [-0.1, -0.05) is 20.8 Å². The molecule has 3 nitrogen and oxygen atoms in total. The first-order chi connectivity index (χ1) is 6.24. The van der Waals surface area contributed by atoms with Crippen molar-refractivity contribution in [2.75, 3.05) is 13.2 Å². The van der Waals surface area contributed by atoms with Gasteiger partial charge in [0.1, 0.15) is 0 Å². The zero-order valence-corrected chi connectivity index (χ0v) is 9.60. The van der Waals surface area contributed by atoms with Crippen molar-refractivity contribution in [1.29, 1.82) is 0 Å². The summed E-state index contributed by atoms with van der Waals surface area (Å²) in [5.41, 5.74) is -0.897. The van der Waals surface area contributed by atoms with Gasteiger partial charge in [0.2, 0.25) is 8.46 Å². The Balaban J connectivity index is 4.04. The third kappa shape index (κ3) is 4.70. The fourth-order valence-corrected chi connectivity index (χ4v) is 1.30. The lowest BCUT2D eigenvalue weighted by molar-refractivity contribution is -0.176. The Morgan fingerprint density at radius 1 is 1.08 bits per heavy atom. The van der Waals surface area contributed by atoms with Crippen molar-refractivity contribution in [1.82, 2.24) is 0 Å². The normalized spacial score (nSPS) is 12.2. The average molecular weight is 206 g/mol. The van der Waals surface area contributed by atoms with E-state index >= 15 is 0 Å². The number of ether oxygens (including phenoxy) is 2. The maximum absolute atomic E-state index is 10.9. The first kappa shape index (κ1) is 13.0. The van der Waals surface area contributed by atoms with Crippen LogP contribution in [-0.2, 0) is 14.0 Å². The summed E-state index contributed by atoms with van der Waals surface area (Å²) in [7, 11) is -0.0764. The minimum Gasteiger partial charge on any atom is -0.340 e. The molecular weight excluding hydrogens is 187 g/mol. The molecule has 0 radical (unpaired) electrons. The second kappa shape index (κ2) is 7.43. The highest BCUT2D eigenvalue weighted by Crippen LogP contribution is 2.30. The summed E-state index contributed by atoms with van der Waals surface area (Å²) in [5.74, 6) is 0. The van der Waals surface area contributed by atoms with E-state index in [9.17, 15) is 4.57 Å². The molecule has 0 fully saturated rings. The Kier molecular flexibility index (Phi) is 7.44. The van der Waals surface area contributed by atoms with Crippen LogP contribution in [0.25, 0.3) is 0 Å². The molecule has 0 spiro atoms. The van der Waals surface area contributed by atoms with Gasteiger partial charge in [-0.2, -0.15) is 0 Å². The maximum atomic E-state index is 10.9. The van der Waals surface area contributed by atoms with Gasteiger partial charge >= 0.3 is 0 Å². The number of hydrogen-bond acceptors (Lipinski definition) is 3. The van der Waals surface area contributed by atoms with Gasteiger partial charge in [-0.05, 0) is 12.8 Å². The molecule has 0 saturated carbocycles. The molecule has 0 aliphatic rings. The summed E-state index contributed by atoms with van der Waals surface area (Å²) in [6.07, 6.45) is 2.43. The van der Waals surface area contributed by atoms with E-state index < -0.39 is 5.53 Å². The smallest absolute Gasteiger partial charge is 0.251 e. The molecule has 0 heterocycles. The molecule has 0 aromatic carbocycles. The standard InChI is InChI=1S/C9H19O3P/c1-4-7-11-9(6-3,13-10)12-8-5-2/h4-8H2,1-3H3. The lowest BCUT2D eigenvalue weighted by Gasteiger charge is -2.25. The SMILES string of the molecule is CCCOC(CC)(OCCC)P=O. The zero-order valence-electron chi connectivity index (χ0n) is 8.71. The summed E-state index contributed by atoms with van der Waals surface area (Å²) in [6, 6.07) is 0. The van der Waals surface area contributed by atoms with Gasteiger partial charge in [-0.15, -0.1) is 0 Å². The van der Waals surface area contributed by atoms with E-state index in [0.717, 1.165) is 12.8 Å². The Hall–Kier alpha value is 0.0200. The van der Waals surface area contributed by atoms with E-state index in [2.05, 4.69) is 0 Å². The molecule has 0 N–H and O–H groups in total. The first-order valence-electron chi connectivity index (χ1n) is 4.87. The van der Waals surface area contributed by atoms with E-state index in [1.807, 2.05) is 20.8 Å². The van der Waals surface area contributed by atoms with Crippen LogP contribution >= 0.6 is 8.46 Å². The van der Waals surface area contributed by atoms with E-state index in [-0.39, 0.29) is 8.46 Å². The molecule has 4 heteroatoms. The van der Waals surface area contributed by atoms with E-state index in [1.165, 1.54) is 0 Å². The van der Waals surface area contributed by atoms with Gasteiger partial charge < -0.3 is 9.47 Å². The predicted octanol–water partition coefficient (Wildman–Crippen LogP) is 3.20. The molecule has 0 rings (SSSR count). The quantitative estimate of drug-likeness (QED) is 0.452. The molecule has 0 aliphatic carbocycles. The third-order valence-electron chi connectivity index (χ3n) is 1.65. The van der Waals surface area contributed by atoms with Crippen molar-refractivity contribution in [2.24, 2.45) is 0 Å². The topological polar surface area (TPSA) is 35.5 Å². The van der Waals surface area contributed by atoms with Crippen molar-refractivity contribution >= 4 is 8.46 Å². The van der Waals surface area contributed by atoms with Crippen LogP contribution < -0.4 is 0 Å². The van der Waals surface area contributed by atoms with Crippen LogP contribution in [0.2, 0.25) is 0 Å². The van der Waals surface area contributed by atoms with Crippen molar-refractivity contribution in [3.8, 4) is 0 Å². The Morgan fingerprint density at radius 2 is 1.54 bits per heavy atom. The molecule has 0 saturated heterocycles. The zero-order chi connectivity index (χ0) is 10.2. The fraction of sp³-hybridized carbons (Fsp3) is 1.00. The van der Waals surface area contributed by atoms with Crippen LogP contribution in [0.1, 0.15) is 40.0 Å². The molecule has 0 bridgehead atoms. The van der Waals surface area contributed by atoms with Crippen LogP contribution in [0.5, 0.6) is 0 Å². The Morgan fingerprint density at radius 3 is 1.77 bits per heavy atom. The Labute approximate surface area is 82.0 Å². The monoisotopic (exact) mass is 206 g/mol. The van der Waals surface area contributed by atoms with Gasteiger partial charge in [0.05, 0.1) is 13.2 Å². The van der Waals surface area contributed by atoms with Gasteiger partial charge in [-0.25, -0.2) is 0 Å². The number of hydrogen-bond donors (Lipinski definition) is 0.